The number of carbonyl (C=O) groups excluding carboxylic acids is 2. The zero-order valence-corrected chi connectivity index (χ0v) is 15.8. The van der Waals surface area contributed by atoms with E-state index in [9.17, 15) is 33.0 Å². The summed E-state index contributed by atoms with van der Waals surface area (Å²) in [7, 11) is 0. The molecule has 0 atom stereocenters. The summed E-state index contributed by atoms with van der Waals surface area (Å²) in [5.74, 6) is -3.83. The van der Waals surface area contributed by atoms with Crippen LogP contribution in [0, 0.1) is 0 Å². The largest absolute Gasteiger partial charge is 0.484 e. The van der Waals surface area contributed by atoms with E-state index in [1.807, 2.05) is 0 Å². The Morgan fingerprint density at radius 3 is 2.07 bits per heavy atom. The third-order valence-corrected chi connectivity index (χ3v) is 3.90. The van der Waals surface area contributed by atoms with Crippen LogP contribution in [0.15, 0.2) is 54.6 Å². The average Bonchev–Trinajstić information content (AvgIpc) is 2.71. The van der Waals surface area contributed by atoms with Crippen molar-refractivity contribution in [1.29, 1.82) is 0 Å². The van der Waals surface area contributed by atoms with E-state index in [0.29, 0.717) is 5.56 Å². The lowest BCUT2D eigenvalue weighted by atomic mass is 10.1. The molecule has 2 aromatic carbocycles. The normalized spacial score (nSPS) is 12.1. The number of ether oxygens (including phenoxy) is 2. The Morgan fingerprint density at radius 2 is 1.53 bits per heavy atom. The molecule has 6 nitrogen and oxygen atoms in total. The van der Waals surface area contributed by atoms with Crippen molar-refractivity contribution in [3.63, 3.8) is 0 Å². The summed E-state index contributed by atoms with van der Waals surface area (Å²) in [4.78, 5) is 23.8. The number of halogens is 3. The van der Waals surface area contributed by atoms with Crippen LogP contribution >= 0.6 is 0 Å². The predicted molar refractivity (Wildman–Crippen MR) is 101 cm³/mol. The summed E-state index contributed by atoms with van der Waals surface area (Å²) >= 11 is 0. The van der Waals surface area contributed by atoms with Gasteiger partial charge in [-0.15, -0.1) is 0 Å². The second kappa shape index (κ2) is 9.55. The molecule has 0 radical (unpaired) electrons. The molecule has 0 aromatic heterocycles. The first-order valence-electron chi connectivity index (χ1n) is 8.79. The van der Waals surface area contributed by atoms with Crippen molar-refractivity contribution in [3.8, 4) is 11.5 Å². The van der Waals surface area contributed by atoms with E-state index in [1.54, 1.807) is 12.1 Å². The summed E-state index contributed by atoms with van der Waals surface area (Å²) in [5, 5.41) is 18.9. The quantitative estimate of drug-likeness (QED) is 0.292. The van der Waals surface area contributed by atoms with Gasteiger partial charge in [0, 0.05) is 6.42 Å². The molecule has 0 saturated carbocycles. The third kappa shape index (κ3) is 7.02. The fraction of sp³-hybridized carbons (Fsp3) is 0.238. The molecule has 0 aliphatic carbocycles. The van der Waals surface area contributed by atoms with Crippen molar-refractivity contribution in [3.05, 3.63) is 65.7 Å². The molecular weight excluding hydrogens is 405 g/mol. The van der Waals surface area contributed by atoms with Crippen LogP contribution in [0.1, 0.15) is 29.3 Å². The van der Waals surface area contributed by atoms with Gasteiger partial charge in [0.25, 0.3) is 0 Å². The monoisotopic (exact) mass is 424 g/mol. The van der Waals surface area contributed by atoms with Gasteiger partial charge in [0.1, 0.15) is 11.5 Å². The molecule has 0 aliphatic rings. The molecule has 30 heavy (non-hydrogen) atoms. The zero-order valence-electron chi connectivity index (χ0n) is 15.8. The highest BCUT2D eigenvalue weighted by Gasteiger charge is 2.29. The van der Waals surface area contributed by atoms with Crippen molar-refractivity contribution in [2.24, 2.45) is 0 Å². The average molecular weight is 424 g/mol. The van der Waals surface area contributed by atoms with Gasteiger partial charge in [-0.3, -0.25) is 4.79 Å². The number of aliphatic hydroxyl groups is 2. The number of benzene rings is 2. The Bertz CT molecular complexity index is 900. The van der Waals surface area contributed by atoms with E-state index in [4.69, 9.17) is 4.74 Å². The highest BCUT2D eigenvalue weighted by Crippen LogP contribution is 2.20. The lowest BCUT2D eigenvalue weighted by Gasteiger charge is -2.15. The number of esters is 1. The third-order valence-electron chi connectivity index (χ3n) is 3.90. The number of ketones is 1. The van der Waals surface area contributed by atoms with Gasteiger partial charge in [-0.25, -0.2) is 4.79 Å². The Labute approximate surface area is 170 Å². The summed E-state index contributed by atoms with van der Waals surface area (Å²) < 4.78 is 46.1. The second-order valence-electron chi connectivity index (χ2n) is 6.25. The Balaban J connectivity index is 1.95. The molecule has 2 aromatic rings. The molecule has 0 amide bonds. The number of hydrogen-bond acceptors (Lipinski definition) is 6. The van der Waals surface area contributed by atoms with E-state index in [1.165, 1.54) is 49.4 Å². The molecule has 2 N–H and O–H groups in total. The smallest absolute Gasteiger partial charge is 0.422 e. The van der Waals surface area contributed by atoms with E-state index in [2.05, 4.69) is 4.74 Å². The number of alkyl halides is 3. The van der Waals surface area contributed by atoms with Crippen LogP contribution in [0.2, 0.25) is 0 Å². The minimum absolute atomic E-state index is 0.0348. The van der Waals surface area contributed by atoms with Crippen molar-refractivity contribution in [1.82, 2.24) is 0 Å². The van der Waals surface area contributed by atoms with Gasteiger partial charge in [-0.2, -0.15) is 13.2 Å². The second-order valence-corrected chi connectivity index (χ2v) is 6.25. The molecule has 9 heteroatoms. The molecule has 0 heterocycles. The summed E-state index contributed by atoms with van der Waals surface area (Å²) in [6.45, 7) is 0.0250. The first-order chi connectivity index (χ1) is 14.0. The van der Waals surface area contributed by atoms with Crippen molar-refractivity contribution >= 4 is 17.8 Å². The molecular formula is C21H19F3O6. The fourth-order valence-electron chi connectivity index (χ4n) is 2.14. The van der Waals surface area contributed by atoms with E-state index < -0.39 is 30.3 Å². The van der Waals surface area contributed by atoms with Crippen LogP contribution in [-0.2, 0) is 4.79 Å². The van der Waals surface area contributed by atoms with Crippen LogP contribution < -0.4 is 9.47 Å². The maximum atomic E-state index is 12.1. The molecule has 0 saturated heterocycles. The molecule has 160 valence electrons. The standard InChI is InChI=1S/C21H19F3O6/c1-2-20(27,28)18(25)12-5-14-3-8-17(9-4-14)30-19(26)15-6-10-16(11-7-15)29-13-21(22,23)24/h3-12,27-28H,2,13H2,1H3/b12-5+. The van der Waals surface area contributed by atoms with Gasteiger partial charge >= 0.3 is 12.1 Å². The molecule has 0 unspecified atom stereocenters. The predicted octanol–water partition coefficient (Wildman–Crippen LogP) is 3.52. The minimum atomic E-state index is -4.46. The van der Waals surface area contributed by atoms with Crippen LogP contribution in [0.25, 0.3) is 6.08 Å². The number of rotatable bonds is 8. The molecule has 0 spiro atoms. The first kappa shape index (κ1) is 23.1. The van der Waals surface area contributed by atoms with Gasteiger partial charge in [-0.05, 0) is 48.0 Å². The highest BCUT2D eigenvalue weighted by atomic mass is 19.4. The van der Waals surface area contributed by atoms with Crippen LogP contribution in [0.3, 0.4) is 0 Å². The molecule has 0 fully saturated rings. The summed E-state index contributed by atoms with van der Waals surface area (Å²) in [6.07, 6.45) is -2.19. The first-order valence-corrected chi connectivity index (χ1v) is 8.79. The topological polar surface area (TPSA) is 93.1 Å². The molecule has 0 bridgehead atoms. The van der Waals surface area contributed by atoms with Crippen molar-refractivity contribution in [2.75, 3.05) is 6.61 Å². The molecule has 0 aliphatic heterocycles. The fourth-order valence-corrected chi connectivity index (χ4v) is 2.14. The van der Waals surface area contributed by atoms with Crippen molar-refractivity contribution in [2.45, 2.75) is 25.3 Å². The maximum Gasteiger partial charge on any atom is 0.422 e. The van der Waals surface area contributed by atoms with E-state index in [-0.39, 0.29) is 23.5 Å². The highest BCUT2D eigenvalue weighted by molar-refractivity contribution is 5.98. The Morgan fingerprint density at radius 1 is 0.967 bits per heavy atom. The summed E-state index contributed by atoms with van der Waals surface area (Å²) in [5.41, 5.74) is 0.673. The van der Waals surface area contributed by atoms with Gasteiger partial charge in [0.2, 0.25) is 11.6 Å². The summed E-state index contributed by atoms with van der Waals surface area (Å²) in [6, 6.07) is 11.0. The van der Waals surface area contributed by atoms with Crippen molar-refractivity contribution < 1.29 is 42.4 Å². The van der Waals surface area contributed by atoms with Gasteiger partial charge in [0.05, 0.1) is 5.56 Å². The Kier molecular flexibility index (Phi) is 7.36. The lowest BCUT2D eigenvalue weighted by Crippen LogP contribution is -2.36. The van der Waals surface area contributed by atoms with E-state index >= 15 is 0 Å². The van der Waals surface area contributed by atoms with E-state index in [0.717, 1.165) is 6.08 Å². The zero-order chi connectivity index (χ0) is 22.4. The molecule has 2 rings (SSSR count). The lowest BCUT2D eigenvalue weighted by molar-refractivity contribution is -0.178. The van der Waals surface area contributed by atoms with Crippen LogP contribution in [0.4, 0.5) is 13.2 Å². The minimum Gasteiger partial charge on any atom is -0.484 e. The SMILES string of the molecule is CCC(O)(O)C(=O)/C=C/c1ccc(OC(=O)c2ccc(OCC(F)(F)F)cc2)cc1. The van der Waals surface area contributed by atoms with Crippen LogP contribution in [0.5, 0.6) is 11.5 Å². The Hall–Kier alpha value is -3.17. The maximum absolute atomic E-state index is 12.1. The number of carbonyl (C=O) groups is 2. The van der Waals surface area contributed by atoms with Gasteiger partial charge in [0.15, 0.2) is 6.61 Å². The number of hydrogen-bond donors (Lipinski definition) is 2. The van der Waals surface area contributed by atoms with Crippen LogP contribution in [-0.4, -0.2) is 40.5 Å². The van der Waals surface area contributed by atoms with Gasteiger partial charge in [-0.1, -0.05) is 25.1 Å². The van der Waals surface area contributed by atoms with Gasteiger partial charge < -0.3 is 19.7 Å².